The first-order valence-electron chi connectivity index (χ1n) is 6.04. The van der Waals surface area contributed by atoms with Gasteiger partial charge in [0.15, 0.2) is 6.61 Å². The molecule has 1 aromatic carbocycles. The van der Waals surface area contributed by atoms with Crippen LogP contribution >= 0.6 is 0 Å². The molecule has 0 spiro atoms. The van der Waals surface area contributed by atoms with Crippen molar-refractivity contribution >= 4 is 17.6 Å². The molecule has 0 unspecified atom stereocenters. The number of nitrogens with one attached hydrogen (secondary N) is 1. The van der Waals surface area contributed by atoms with E-state index in [1.54, 1.807) is 0 Å². The summed E-state index contributed by atoms with van der Waals surface area (Å²) in [5, 5.41) is 2.66. The highest BCUT2D eigenvalue weighted by atomic mass is 19.1. The molecular weight excluding hydrogens is 251 g/mol. The number of benzene rings is 1. The summed E-state index contributed by atoms with van der Waals surface area (Å²) < 4.78 is 17.8. The number of carbonyl (C=O) groups is 2. The highest BCUT2D eigenvalue weighted by molar-refractivity contribution is 5.92. The van der Waals surface area contributed by atoms with Crippen LogP contribution in [0.4, 0.5) is 10.1 Å². The molecule has 0 aromatic heterocycles. The van der Waals surface area contributed by atoms with Gasteiger partial charge in [-0.3, -0.25) is 4.79 Å². The van der Waals surface area contributed by atoms with E-state index in [0.29, 0.717) is 12.5 Å². The van der Waals surface area contributed by atoms with Gasteiger partial charge in [-0.15, -0.1) is 0 Å². The Labute approximate surface area is 109 Å². The monoisotopic (exact) mass is 266 g/mol. The highest BCUT2D eigenvalue weighted by Crippen LogP contribution is 2.27. The molecule has 1 aliphatic carbocycles. The molecule has 3 N–H and O–H groups in total. The van der Waals surface area contributed by atoms with E-state index in [0.717, 1.165) is 25.0 Å². The zero-order valence-corrected chi connectivity index (χ0v) is 10.3. The SMILES string of the molecule is Nc1cc(F)cc(C(=O)OCC(=O)NCC2CC2)c1. The zero-order valence-electron chi connectivity index (χ0n) is 10.3. The number of nitrogens with two attached hydrogens (primary N) is 1. The molecule has 1 aromatic rings. The molecule has 0 radical (unpaired) electrons. The van der Waals surface area contributed by atoms with Gasteiger partial charge in [0.1, 0.15) is 5.82 Å². The molecule has 1 amide bonds. The fraction of sp³-hybridized carbons (Fsp3) is 0.385. The van der Waals surface area contributed by atoms with Crippen molar-refractivity contribution in [1.29, 1.82) is 0 Å². The molecule has 102 valence electrons. The average molecular weight is 266 g/mol. The van der Waals surface area contributed by atoms with E-state index in [1.807, 2.05) is 0 Å². The molecule has 1 aliphatic rings. The number of carbonyl (C=O) groups excluding carboxylic acids is 2. The summed E-state index contributed by atoms with van der Waals surface area (Å²) >= 11 is 0. The van der Waals surface area contributed by atoms with Crippen LogP contribution in [0.15, 0.2) is 18.2 Å². The Hall–Kier alpha value is -2.11. The van der Waals surface area contributed by atoms with Crippen molar-refractivity contribution < 1.29 is 18.7 Å². The summed E-state index contributed by atoms with van der Waals surface area (Å²) in [6.45, 7) is 0.241. The van der Waals surface area contributed by atoms with Gasteiger partial charge in [0.2, 0.25) is 0 Å². The third-order valence-corrected chi connectivity index (χ3v) is 2.78. The lowest BCUT2D eigenvalue weighted by atomic mass is 10.2. The summed E-state index contributed by atoms with van der Waals surface area (Å²) in [6.07, 6.45) is 2.26. The summed E-state index contributed by atoms with van der Waals surface area (Å²) in [6, 6.07) is 3.41. The van der Waals surface area contributed by atoms with Crippen LogP contribution in [0.2, 0.25) is 0 Å². The van der Waals surface area contributed by atoms with Gasteiger partial charge in [0.05, 0.1) is 5.56 Å². The number of hydrogen-bond acceptors (Lipinski definition) is 4. The molecule has 6 heteroatoms. The number of rotatable bonds is 5. The van der Waals surface area contributed by atoms with Gasteiger partial charge in [0, 0.05) is 12.2 Å². The van der Waals surface area contributed by atoms with Gasteiger partial charge >= 0.3 is 5.97 Å². The zero-order chi connectivity index (χ0) is 13.8. The number of esters is 1. The first-order valence-corrected chi connectivity index (χ1v) is 6.04. The second-order valence-corrected chi connectivity index (χ2v) is 4.60. The normalized spacial score (nSPS) is 13.9. The van der Waals surface area contributed by atoms with Crippen LogP contribution in [0.5, 0.6) is 0 Å². The minimum absolute atomic E-state index is 0.00695. The maximum atomic E-state index is 13.0. The maximum Gasteiger partial charge on any atom is 0.338 e. The quantitative estimate of drug-likeness (QED) is 0.617. The summed E-state index contributed by atoms with van der Waals surface area (Å²) in [5.41, 5.74) is 5.54. The molecule has 1 fully saturated rings. The van der Waals surface area contributed by atoms with Crippen molar-refractivity contribution in [3.05, 3.63) is 29.6 Å². The van der Waals surface area contributed by atoms with E-state index in [2.05, 4.69) is 5.32 Å². The van der Waals surface area contributed by atoms with Crippen LogP contribution in [0.25, 0.3) is 0 Å². The van der Waals surface area contributed by atoms with Crippen LogP contribution in [-0.4, -0.2) is 25.0 Å². The molecule has 19 heavy (non-hydrogen) atoms. The Morgan fingerprint density at radius 2 is 2.11 bits per heavy atom. The molecule has 0 saturated heterocycles. The number of halogens is 1. The van der Waals surface area contributed by atoms with Crippen LogP contribution in [0, 0.1) is 11.7 Å². The highest BCUT2D eigenvalue weighted by Gasteiger charge is 2.21. The molecule has 0 atom stereocenters. The van der Waals surface area contributed by atoms with E-state index in [-0.39, 0.29) is 23.8 Å². The molecule has 0 bridgehead atoms. The summed E-state index contributed by atoms with van der Waals surface area (Å²) in [7, 11) is 0. The van der Waals surface area contributed by atoms with Gasteiger partial charge in [-0.05, 0) is 37.0 Å². The van der Waals surface area contributed by atoms with Crippen LogP contribution in [0.3, 0.4) is 0 Å². The Morgan fingerprint density at radius 1 is 1.37 bits per heavy atom. The summed E-state index contributed by atoms with van der Waals surface area (Å²) in [5.74, 6) is -1.19. The van der Waals surface area contributed by atoms with E-state index in [4.69, 9.17) is 10.5 Å². The van der Waals surface area contributed by atoms with Crippen molar-refractivity contribution in [1.82, 2.24) is 5.32 Å². The van der Waals surface area contributed by atoms with Crippen molar-refractivity contribution in [3.8, 4) is 0 Å². The van der Waals surface area contributed by atoms with Gasteiger partial charge in [-0.1, -0.05) is 0 Å². The van der Waals surface area contributed by atoms with Crippen molar-refractivity contribution in [2.75, 3.05) is 18.9 Å². The van der Waals surface area contributed by atoms with Gasteiger partial charge in [0.25, 0.3) is 5.91 Å². The Kier molecular flexibility index (Phi) is 3.99. The first kappa shape index (κ1) is 13.3. The van der Waals surface area contributed by atoms with Gasteiger partial charge < -0.3 is 15.8 Å². The van der Waals surface area contributed by atoms with Crippen LogP contribution in [-0.2, 0) is 9.53 Å². The minimum Gasteiger partial charge on any atom is -0.452 e. The largest absolute Gasteiger partial charge is 0.452 e. The molecule has 0 heterocycles. The lowest BCUT2D eigenvalue weighted by Crippen LogP contribution is -2.30. The minimum atomic E-state index is -0.771. The number of ether oxygens (including phenoxy) is 1. The first-order chi connectivity index (χ1) is 9.04. The third kappa shape index (κ3) is 4.24. The Bertz CT molecular complexity index is 480. The van der Waals surface area contributed by atoms with E-state index >= 15 is 0 Å². The number of anilines is 1. The predicted molar refractivity (Wildman–Crippen MR) is 66.8 cm³/mol. The second-order valence-electron chi connectivity index (χ2n) is 4.60. The number of nitrogen functional groups attached to an aromatic ring is 1. The fourth-order valence-corrected chi connectivity index (χ4v) is 1.58. The van der Waals surface area contributed by atoms with E-state index in [9.17, 15) is 14.0 Å². The summed E-state index contributed by atoms with van der Waals surface area (Å²) in [4.78, 5) is 22.9. The third-order valence-electron chi connectivity index (χ3n) is 2.78. The maximum absolute atomic E-state index is 13.0. The molecule has 0 aliphatic heterocycles. The average Bonchev–Trinajstić information content (AvgIpc) is 3.16. The fourth-order valence-electron chi connectivity index (χ4n) is 1.58. The molecule has 1 saturated carbocycles. The Balaban J connectivity index is 1.80. The van der Waals surface area contributed by atoms with Gasteiger partial charge in [-0.2, -0.15) is 0 Å². The lowest BCUT2D eigenvalue weighted by molar-refractivity contribution is -0.124. The van der Waals surface area contributed by atoms with Crippen molar-refractivity contribution in [3.63, 3.8) is 0 Å². The van der Waals surface area contributed by atoms with Crippen molar-refractivity contribution in [2.24, 2.45) is 5.92 Å². The second kappa shape index (κ2) is 5.69. The smallest absolute Gasteiger partial charge is 0.338 e. The van der Waals surface area contributed by atoms with Gasteiger partial charge in [-0.25, -0.2) is 9.18 Å². The standard InChI is InChI=1S/C13H15FN2O3/c14-10-3-9(4-11(15)5-10)13(18)19-7-12(17)16-6-8-1-2-8/h3-5,8H,1-2,6-7,15H2,(H,16,17). The molecule has 2 rings (SSSR count). The van der Waals surface area contributed by atoms with Crippen LogP contribution in [0.1, 0.15) is 23.2 Å². The molecule has 5 nitrogen and oxygen atoms in total. The van der Waals surface area contributed by atoms with E-state index in [1.165, 1.54) is 6.07 Å². The topological polar surface area (TPSA) is 81.4 Å². The van der Waals surface area contributed by atoms with Crippen LogP contribution < -0.4 is 11.1 Å². The predicted octanol–water partition coefficient (Wildman–Crippen LogP) is 1.09. The molecular formula is C13H15FN2O3. The number of hydrogen-bond donors (Lipinski definition) is 2. The number of amides is 1. The lowest BCUT2D eigenvalue weighted by Gasteiger charge is -2.06. The van der Waals surface area contributed by atoms with E-state index < -0.39 is 11.8 Å². The van der Waals surface area contributed by atoms with Crippen molar-refractivity contribution in [2.45, 2.75) is 12.8 Å². The Morgan fingerprint density at radius 3 is 2.74 bits per heavy atom.